The molecule has 41 heavy (non-hydrogen) atoms. The molecule has 0 radical (unpaired) electrons. The van der Waals surface area contributed by atoms with Crippen LogP contribution in [-0.2, 0) is 33.3 Å². The molecule has 0 heterocycles. The molecule has 11 heteroatoms. The predicted octanol–water partition coefficient (Wildman–Crippen LogP) is 3.82. The lowest BCUT2D eigenvalue weighted by atomic mass is 9.91. The average Bonchev–Trinajstić information content (AvgIpc) is 2.91. The fourth-order valence-electron chi connectivity index (χ4n) is 3.57. The molecular formula is C30H42N2O9. The van der Waals surface area contributed by atoms with E-state index in [-0.39, 0.29) is 18.9 Å². The first-order valence-corrected chi connectivity index (χ1v) is 13.6. The van der Waals surface area contributed by atoms with E-state index in [2.05, 4.69) is 10.6 Å². The Kier molecular flexibility index (Phi) is 15.4. The molecule has 2 aromatic carbocycles. The summed E-state index contributed by atoms with van der Waals surface area (Å²) in [6.07, 6.45) is -0.291. The minimum absolute atomic E-state index is 0.180. The Bertz CT molecular complexity index is 1040. The van der Waals surface area contributed by atoms with Crippen LogP contribution in [0.1, 0.15) is 44.2 Å². The Balaban J connectivity index is 1.45. The molecule has 1 atom stereocenters. The zero-order chi connectivity index (χ0) is 29.9. The van der Waals surface area contributed by atoms with E-state index in [0.717, 1.165) is 0 Å². The molecule has 2 rings (SSSR count). The number of amides is 2. The van der Waals surface area contributed by atoms with Crippen molar-refractivity contribution in [1.82, 2.24) is 5.32 Å². The van der Waals surface area contributed by atoms with Gasteiger partial charge in [0.05, 0.1) is 59.3 Å². The van der Waals surface area contributed by atoms with Crippen molar-refractivity contribution in [1.29, 1.82) is 0 Å². The second-order valence-corrected chi connectivity index (χ2v) is 9.98. The van der Waals surface area contributed by atoms with Gasteiger partial charge in [0.25, 0.3) is 0 Å². The van der Waals surface area contributed by atoms with Gasteiger partial charge in [0.1, 0.15) is 11.5 Å². The number of anilines is 1. The van der Waals surface area contributed by atoms with Gasteiger partial charge in [-0.1, -0.05) is 42.5 Å². The summed E-state index contributed by atoms with van der Waals surface area (Å²) in [4.78, 5) is 35.5. The number of carboxylic acid groups (broad SMARTS) is 1. The molecule has 0 aliphatic heterocycles. The third kappa shape index (κ3) is 15.2. The van der Waals surface area contributed by atoms with Gasteiger partial charge in [-0.25, -0.2) is 4.79 Å². The van der Waals surface area contributed by atoms with E-state index in [1.807, 2.05) is 6.07 Å². The number of rotatable bonds is 19. The predicted molar refractivity (Wildman–Crippen MR) is 153 cm³/mol. The van der Waals surface area contributed by atoms with Crippen LogP contribution in [0.5, 0.6) is 0 Å². The summed E-state index contributed by atoms with van der Waals surface area (Å²) in [5.41, 5.74) is 1.38. The molecule has 1 unspecified atom stereocenters. The molecule has 0 saturated carbocycles. The van der Waals surface area contributed by atoms with E-state index in [9.17, 15) is 19.5 Å². The summed E-state index contributed by atoms with van der Waals surface area (Å²) in [5, 5.41) is 15.1. The Morgan fingerprint density at radius 1 is 0.732 bits per heavy atom. The van der Waals surface area contributed by atoms with Gasteiger partial charge in [-0.05, 0) is 44.0 Å². The van der Waals surface area contributed by atoms with Crippen LogP contribution in [0.4, 0.5) is 10.5 Å². The Morgan fingerprint density at radius 2 is 1.24 bits per heavy atom. The van der Waals surface area contributed by atoms with Crippen LogP contribution < -0.4 is 10.6 Å². The maximum atomic E-state index is 12.2. The molecule has 11 nitrogen and oxygen atoms in total. The monoisotopic (exact) mass is 574 g/mol. The number of carbonyl (C=O) groups excluding carboxylic acids is 2. The molecule has 0 spiro atoms. The summed E-state index contributed by atoms with van der Waals surface area (Å²) in [5.74, 6) is -1.91. The normalized spacial score (nSPS) is 12.0. The van der Waals surface area contributed by atoms with Crippen molar-refractivity contribution in [3.63, 3.8) is 0 Å². The summed E-state index contributed by atoms with van der Waals surface area (Å²) in [7, 11) is 0. The highest BCUT2D eigenvalue weighted by molar-refractivity contribution is 5.91. The highest BCUT2D eigenvalue weighted by atomic mass is 16.6. The van der Waals surface area contributed by atoms with Gasteiger partial charge in [0.15, 0.2) is 0 Å². The van der Waals surface area contributed by atoms with Crippen molar-refractivity contribution >= 4 is 23.7 Å². The number of hydrogen-bond donors (Lipinski definition) is 3. The smallest absolute Gasteiger partial charge is 0.407 e. The Labute approximate surface area is 241 Å². The van der Waals surface area contributed by atoms with Crippen LogP contribution in [0, 0.1) is 0 Å². The largest absolute Gasteiger partial charge is 0.481 e. The first kappa shape index (κ1) is 33.7. The number of carboxylic acids is 1. The van der Waals surface area contributed by atoms with Crippen LogP contribution in [0.3, 0.4) is 0 Å². The number of hydrogen-bond acceptors (Lipinski definition) is 8. The van der Waals surface area contributed by atoms with Gasteiger partial charge >= 0.3 is 12.1 Å². The van der Waals surface area contributed by atoms with Crippen molar-refractivity contribution < 1.29 is 43.2 Å². The summed E-state index contributed by atoms with van der Waals surface area (Å²) >= 11 is 0. The number of nitrogens with one attached hydrogen (secondary N) is 2. The summed E-state index contributed by atoms with van der Waals surface area (Å²) < 4.78 is 26.8. The lowest BCUT2D eigenvalue weighted by Crippen LogP contribution is -2.34. The van der Waals surface area contributed by atoms with Crippen molar-refractivity contribution in [2.75, 3.05) is 64.7 Å². The SMILES string of the molecule is CC(C)(C)OC(=O)NCCOCCOCCOCCOCCC(=O)Nc1ccc(C(C(=O)O)c2ccccc2)cc1. The molecular weight excluding hydrogens is 532 g/mol. The zero-order valence-corrected chi connectivity index (χ0v) is 24.1. The molecule has 3 N–H and O–H groups in total. The number of carbonyl (C=O) groups is 3. The van der Waals surface area contributed by atoms with Gasteiger partial charge in [-0.3, -0.25) is 9.59 Å². The van der Waals surface area contributed by atoms with Crippen molar-refractivity contribution in [3.8, 4) is 0 Å². The van der Waals surface area contributed by atoms with E-state index < -0.39 is 23.6 Å². The van der Waals surface area contributed by atoms with Gasteiger partial charge < -0.3 is 39.4 Å². The summed E-state index contributed by atoms with van der Waals surface area (Å²) in [6, 6.07) is 15.8. The van der Waals surface area contributed by atoms with Crippen molar-refractivity contribution in [2.24, 2.45) is 0 Å². The molecule has 0 aliphatic carbocycles. The molecule has 0 aliphatic rings. The van der Waals surface area contributed by atoms with E-state index >= 15 is 0 Å². The third-order valence-electron chi connectivity index (χ3n) is 5.41. The molecule has 0 fully saturated rings. The molecule has 0 bridgehead atoms. The second kappa shape index (κ2) is 18.8. The second-order valence-electron chi connectivity index (χ2n) is 9.98. The zero-order valence-electron chi connectivity index (χ0n) is 24.1. The van der Waals surface area contributed by atoms with Gasteiger partial charge in [0.2, 0.25) is 5.91 Å². The van der Waals surface area contributed by atoms with Crippen LogP contribution in [-0.4, -0.2) is 88.1 Å². The van der Waals surface area contributed by atoms with Gasteiger partial charge in [-0.15, -0.1) is 0 Å². The van der Waals surface area contributed by atoms with Crippen molar-refractivity contribution in [2.45, 2.75) is 38.7 Å². The number of benzene rings is 2. The first-order chi connectivity index (χ1) is 19.7. The third-order valence-corrected chi connectivity index (χ3v) is 5.41. The maximum absolute atomic E-state index is 12.2. The topological polar surface area (TPSA) is 142 Å². The van der Waals surface area contributed by atoms with Crippen LogP contribution in [0.25, 0.3) is 0 Å². The molecule has 2 amide bonds. The number of ether oxygens (including phenoxy) is 5. The van der Waals surface area contributed by atoms with Crippen molar-refractivity contribution in [3.05, 3.63) is 65.7 Å². The lowest BCUT2D eigenvalue weighted by molar-refractivity contribution is -0.137. The van der Waals surface area contributed by atoms with Crippen LogP contribution >= 0.6 is 0 Å². The fraction of sp³-hybridized carbons (Fsp3) is 0.500. The first-order valence-electron chi connectivity index (χ1n) is 13.6. The Morgan fingerprint density at radius 3 is 1.78 bits per heavy atom. The highest BCUT2D eigenvalue weighted by Crippen LogP contribution is 2.26. The molecule has 0 aromatic heterocycles. The Hall–Kier alpha value is -3.51. The maximum Gasteiger partial charge on any atom is 0.407 e. The quantitative estimate of drug-likeness (QED) is 0.214. The van der Waals surface area contributed by atoms with Gasteiger partial charge in [0, 0.05) is 12.2 Å². The number of alkyl carbamates (subject to hydrolysis) is 1. The van der Waals surface area contributed by atoms with Crippen LogP contribution in [0.15, 0.2) is 54.6 Å². The van der Waals surface area contributed by atoms with Crippen LogP contribution in [0.2, 0.25) is 0 Å². The fourth-order valence-corrected chi connectivity index (χ4v) is 3.57. The summed E-state index contributed by atoms with van der Waals surface area (Å²) in [6.45, 7) is 8.75. The highest BCUT2D eigenvalue weighted by Gasteiger charge is 2.21. The van der Waals surface area contributed by atoms with Gasteiger partial charge in [-0.2, -0.15) is 0 Å². The molecule has 2 aromatic rings. The molecule has 226 valence electrons. The van der Waals surface area contributed by atoms with E-state index in [1.54, 1.807) is 69.3 Å². The van der Waals surface area contributed by atoms with E-state index in [0.29, 0.717) is 69.6 Å². The minimum Gasteiger partial charge on any atom is -0.481 e. The number of aliphatic carboxylic acids is 1. The van der Waals surface area contributed by atoms with E-state index in [4.69, 9.17) is 23.7 Å². The lowest BCUT2D eigenvalue weighted by Gasteiger charge is -2.19. The molecule has 0 saturated heterocycles. The van der Waals surface area contributed by atoms with E-state index in [1.165, 1.54) is 0 Å². The minimum atomic E-state index is -0.936. The standard InChI is InChI=1S/C30H42N2O9/c1-30(2,3)41-29(36)31-14-16-38-18-20-40-22-21-39-19-17-37-15-13-26(33)32-25-11-9-24(10-12-25)27(28(34)35)23-7-5-4-6-8-23/h4-12,27H,13-22H2,1-3H3,(H,31,36)(H,32,33)(H,34,35). The average molecular weight is 575 g/mol.